The summed E-state index contributed by atoms with van der Waals surface area (Å²) in [7, 11) is 6.27. The lowest BCUT2D eigenvalue weighted by Crippen LogP contribution is -2.57. The highest BCUT2D eigenvalue weighted by Crippen LogP contribution is 2.36. The third-order valence-corrected chi connectivity index (χ3v) is 5.42. The van der Waals surface area contributed by atoms with Gasteiger partial charge in [0.1, 0.15) is 0 Å². The van der Waals surface area contributed by atoms with Crippen molar-refractivity contribution in [2.75, 3.05) is 40.8 Å². The zero-order valence-corrected chi connectivity index (χ0v) is 13.5. The van der Waals surface area contributed by atoms with E-state index in [2.05, 4.69) is 24.3 Å². The molecule has 0 atom stereocenters. The van der Waals surface area contributed by atoms with E-state index in [0.717, 1.165) is 38.4 Å². The number of hydrogen-bond donors (Lipinski definition) is 1. The summed E-state index contributed by atoms with van der Waals surface area (Å²) in [6.45, 7) is 3.14. The molecule has 4 nitrogen and oxygen atoms in total. The van der Waals surface area contributed by atoms with E-state index >= 15 is 0 Å². The van der Waals surface area contributed by atoms with Crippen LogP contribution in [0.5, 0.6) is 0 Å². The molecule has 1 saturated heterocycles. The van der Waals surface area contributed by atoms with Crippen molar-refractivity contribution in [1.82, 2.24) is 15.1 Å². The number of nitrogens with zero attached hydrogens (tertiary/aromatic N) is 2. The number of nitrogens with one attached hydrogen (secondary N) is 1. The van der Waals surface area contributed by atoms with E-state index < -0.39 is 0 Å². The Labute approximate surface area is 123 Å². The number of likely N-dealkylation sites (N-methyl/N-ethyl adjacent to an activating group) is 2. The number of piperidine rings is 1. The molecule has 1 N–H and O–H groups in total. The van der Waals surface area contributed by atoms with Crippen molar-refractivity contribution in [2.45, 2.75) is 50.5 Å². The van der Waals surface area contributed by atoms with Crippen LogP contribution in [0.4, 0.5) is 0 Å². The maximum absolute atomic E-state index is 12.3. The molecule has 0 radical (unpaired) electrons. The minimum atomic E-state index is 0.249. The Morgan fingerprint density at radius 1 is 1.20 bits per heavy atom. The molecular weight excluding hydrogens is 250 g/mol. The van der Waals surface area contributed by atoms with Crippen LogP contribution in [0.15, 0.2) is 0 Å². The van der Waals surface area contributed by atoms with Crippen LogP contribution in [0.3, 0.4) is 0 Å². The van der Waals surface area contributed by atoms with Crippen molar-refractivity contribution in [3.63, 3.8) is 0 Å². The van der Waals surface area contributed by atoms with Crippen LogP contribution in [-0.2, 0) is 4.79 Å². The molecule has 116 valence electrons. The summed E-state index contributed by atoms with van der Waals surface area (Å²) in [5.41, 5.74) is 0.249. The Bertz CT molecular complexity index is 320. The van der Waals surface area contributed by atoms with Crippen molar-refractivity contribution in [2.24, 2.45) is 5.92 Å². The summed E-state index contributed by atoms with van der Waals surface area (Å²) >= 11 is 0. The molecule has 1 amide bonds. The Morgan fingerprint density at radius 3 is 2.35 bits per heavy atom. The van der Waals surface area contributed by atoms with E-state index in [-0.39, 0.29) is 5.54 Å². The fourth-order valence-corrected chi connectivity index (χ4v) is 3.55. The van der Waals surface area contributed by atoms with E-state index in [1.807, 2.05) is 11.9 Å². The van der Waals surface area contributed by atoms with Gasteiger partial charge in [-0.3, -0.25) is 4.79 Å². The lowest BCUT2D eigenvalue weighted by atomic mass is 9.75. The zero-order valence-electron chi connectivity index (χ0n) is 13.5. The van der Waals surface area contributed by atoms with Gasteiger partial charge in [-0.2, -0.15) is 0 Å². The summed E-state index contributed by atoms with van der Waals surface area (Å²) in [6, 6.07) is 0. The topological polar surface area (TPSA) is 35.6 Å². The second-order valence-corrected chi connectivity index (χ2v) is 6.95. The van der Waals surface area contributed by atoms with Gasteiger partial charge in [0.15, 0.2) is 0 Å². The molecule has 1 saturated carbocycles. The smallest absolute Gasteiger partial charge is 0.222 e. The molecule has 0 unspecified atom stereocenters. The summed E-state index contributed by atoms with van der Waals surface area (Å²) in [5.74, 6) is 1.08. The molecule has 1 heterocycles. The molecule has 4 heteroatoms. The van der Waals surface area contributed by atoms with Gasteiger partial charge in [0, 0.05) is 25.6 Å². The number of carbonyl (C=O) groups excluding carboxylic acids is 1. The lowest BCUT2D eigenvalue weighted by molar-refractivity contribution is -0.133. The summed E-state index contributed by atoms with van der Waals surface area (Å²) in [4.78, 5) is 16.6. The highest BCUT2D eigenvalue weighted by molar-refractivity contribution is 5.76. The van der Waals surface area contributed by atoms with E-state index in [1.54, 1.807) is 0 Å². The highest BCUT2D eigenvalue weighted by atomic mass is 16.2. The number of hydrogen-bond acceptors (Lipinski definition) is 3. The van der Waals surface area contributed by atoms with Gasteiger partial charge in [-0.1, -0.05) is 0 Å². The van der Waals surface area contributed by atoms with Crippen LogP contribution in [0.1, 0.15) is 44.9 Å². The van der Waals surface area contributed by atoms with Crippen LogP contribution in [0.25, 0.3) is 0 Å². The van der Waals surface area contributed by atoms with E-state index in [0.29, 0.717) is 5.91 Å². The first-order valence-corrected chi connectivity index (χ1v) is 8.16. The Morgan fingerprint density at radius 2 is 1.85 bits per heavy atom. The van der Waals surface area contributed by atoms with Crippen molar-refractivity contribution < 1.29 is 4.79 Å². The molecule has 1 aliphatic heterocycles. The van der Waals surface area contributed by atoms with Gasteiger partial charge in [-0.05, 0) is 71.6 Å². The molecule has 2 aliphatic rings. The molecule has 2 rings (SSSR count). The Hall–Kier alpha value is -0.610. The Balaban J connectivity index is 1.74. The molecule has 0 aromatic rings. The normalized spacial score (nSPS) is 22.6. The summed E-state index contributed by atoms with van der Waals surface area (Å²) in [6.07, 6.45) is 8.02. The summed E-state index contributed by atoms with van der Waals surface area (Å²) in [5, 5.41) is 3.38. The number of carbonyl (C=O) groups is 1. The first-order chi connectivity index (χ1) is 9.53. The van der Waals surface area contributed by atoms with Crippen molar-refractivity contribution >= 4 is 5.91 Å². The van der Waals surface area contributed by atoms with Crippen molar-refractivity contribution in [1.29, 1.82) is 0 Å². The lowest BCUT2D eigenvalue weighted by Gasteiger charge is -2.49. The monoisotopic (exact) mass is 281 g/mol. The molecule has 2 fully saturated rings. The van der Waals surface area contributed by atoms with Gasteiger partial charge in [-0.25, -0.2) is 0 Å². The van der Waals surface area contributed by atoms with Gasteiger partial charge in [0.05, 0.1) is 0 Å². The Kier molecular flexibility index (Phi) is 5.44. The van der Waals surface area contributed by atoms with E-state index in [4.69, 9.17) is 0 Å². The van der Waals surface area contributed by atoms with Crippen LogP contribution in [0.2, 0.25) is 0 Å². The second kappa shape index (κ2) is 6.90. The predicted octanol–water partition coefficient (Wildman–Crippen LogP) is 1.71. The van der Waals surface area contributed by atoms with Crippen molar-refractivity contribution in [3.8, 4) is 0 Å². The largest absolute Gasteiger partial charge is 0.344 e. The first-order valence-electron chi connectivity index (χ1n) is 8.16. The number of rotatable bonds is 6. The summed E-state index contributed by atoms with van der Waals surface area (Å²) < 4.78 is 0. The quantitative estimate of drug-likeness (QED) is 0.805. The van der Waals surface area contributed by atoms with Crippen LogP contribution in [0, 0.1) is 5.92 Å². The fourth-order valence-electron chi connectivity index (χ4n) is 3.55. The fraction of sp³-hybridized carbons (Fsp3) is 0.938. The van der Waals surface area contributed by atoms with Gasteiger partial charge >= 0.3 is 0 Å². The molecule has 1 aliphatic carbocycles. The average molecular weight is 281 g/mol. The third-order valence-electron chi connectivity index (χ3n) is 5.42. The van der Waals surface area contributed by atoms with E-state index in [9.17, 15) is 4.79 Å². The maximum Gasteiger partial charge on any atom is 0.222 e. The van der Waals surface area contributed by atoms with Crippen LogP contribution >= 0.6 is 0 Å². The van der Waals surface area contributed by atoms with Crippen LogP contribution in [-0.4, -0.2) is 62.0 Å². The van der Waals surface area contributed by atoms with Gasteiger partial charge < -0.3 is 15.1 Å². The first kappa shape index (κ1) is 15.8. The minimum Gasteiger partial charge on any atom is -0.344 e. The zero-order chi connectivity index (χ0) is 14.6. The molecular formula is C16H31N3O. The molecule has 0 aromatic carbocycles. The van der Waals surface area contributed by atoms with E-state index in [1.165, 1.54) is 32.1 Å². The van der Waals surface area contributed by atoms with Gasteiger partial charge in [0.2, 0.25) is 5.91 Å². The van der Waals surface area contributed by atoms with Gasteiger partial charge in [0.25, 0.3) is 0 Å². The minimum absolute atomic E-state index is 0.249. The van der Waals surface area contributed by atoms with Crippen LogP contribution < -0.4 is 5.32 Å². The molecule has 0 spiro atoms. The van der Waals surface area contributed by atoms with Crippen molar-refractivity contribution in [3.05, 3.63) is 0 Å². The SMILES string of the molecule is CN(CC1(N(C)C)CCC1)C(=O)CCC1CCNCC1. The molecule has 20 heavy (non-hydrogen) atoms. The highest BCUT2D eigenvalue weighted by Gasteiger charge is 2.40. The predicted molar refractivity (Wildman–Crippen MR) is 82.7 cm³/mol. The average Bonchev–Trinajstić information content (AvgIpc) is 2.40. The maximum atomic E-state index is 12.3. The molecule has 0 aromatic heterocycles. The van der Waals surface area contributed by atoms with Gasteiger partial charge in [-0.15, -0.1) is 0 Å². The second-order valence-electron chi connectivity index (χ2n) is 6.95. The number of amides is 1. The standard InChI is InChI=1S/C16H31N3O/c1-18(2)16(9-4-10-16)13-19(3)15(20)6-5-14-7-11-17-12-8-14/h14,17H,4-13H2,1-3H3. The molecule has 0 bridgehead atoms. The third kappa shape index (κ3) is 3.73.